The molecule has 0 unspecified atom stereocenters. The Kier molecular flexibility index (Phi) is 8.29. The number of aromatic nitrogens is 3. The number of carbonyl (C=O) groups excluding carboxylic acids is 2. The molecule has 0 aliphatic heterocycles. The van der Waals surface area contributed by atoms with Crippen LogP contribution in [0.3, 0.4) is 0 Å². The molecular formula is C22H22ClN5O3S. The van der Waals surface area contributed by atoms with Gasteiger partial charge in [0.1, 0.15) is 11.6 Å². The van der Waals surface area contributed by atoms with Crippen molar-refractivity contribution in [3.05, 3.63) is 72.0 Å². The van der Waals surface area contributed by atoms with Gasteiger partial charge in [-0.15, -0.1) is 16.8 Å². The number of thioether (sulfide) groups is 1. The molecule has 0 bridgehead atoms. The average molecular weight is 472 g/mol. The number of nitrogens with one attached hydrogen (secondary N) is 2. The van der Waals surface area contributed by atoms with Crippen LogP contribution in [0.25, 0.3) is 0 Å². The number of anilines is 2. The van der Waals surface area contributed by atoms with Crippen molar-refractivity contribution >= 4 is 46.6 Å². The zero-order valence-corrected chi connectivity index (χ0v) is 18.9. The molecule has 2 N–H and O–H groups in total. The molecule has 8 nitrogen and oxygen atoms in total. The van der Waals surface area contributed by atoms with Crippen molar-refractivity contribution in [2.75, 3.05) is 23.5 Å². The average Bonchev–Trinajstić information content (AvgIpc) is 3.15. The lowest BCUT2D eigenvalue weighted by atomic mass is 10.2. The van der Waals surface area contributed by atoms with Crippen molar-refractivity contribution in [1.82, 2.24) is 14.8 Å². The van der Waals surface area contributed by atoms with Gasteiger partial charge in [0.05, 0.1) is 25.0 Å². The maximum Gasteiger partial charge on any atom is 0.234 e. The number of methoxy groups -OCH3 is 1. The highest BCUT2D eigenvalue weighted by Crippen LogP contribution is 2.24. The topological polar surface area (TPSA) is 98.1 Å². The second kappa shape index (κ2) is 11.4. The first kappa shape index (κ1) is 23.4. The van der Waals surface area contributed by atoms with Crippen molar-refractivity contribution in [3.8, 4) is 5.75 Å². The molecule has 0 fully saturated rings. The fraction of sp³-hybridized carbons (Fsp3) is 0.182. The van der Waals surface area contributed by atoms with Gasteiger partial charge < -0.3 is 19.9 Å². The number of hydrogen-bond donors (Lipinski definition) is 2. The normalized spacial score (nSPS) is 10.4. The summed E-state index contributed by atoms with van der Waals surface area (Å²) in [6, 6.07) is 14.0. The van der Waals surface area contributed by atoms with E-state index in [4.69, 9.17) is 16.3 Å². The van der Waals surface area contributed by atoms with E-state index in [0.717, 1.165) is 0 Å². The standard InChI is InChI=1S/C22H22ClN5O3S/c1-3-12-28-19(13-20(29)25-17-6-4-5-7-18(17)31-2)26-27-22(28)32-14-21(30)24-16-10-8-15(23)9-11-16/h3-11H,1,12-14H2,2H3,(H,24,30)(H,25,29). The van der Waals surface area contributed by atoms with E-state index in [1.54, 1.807) is 47.0 Å². The van der Waals surface area contributed by atoms with Crippen molar-refractivity contribution < 1.29 is 14.3 Å². The Morgan fingerprint density at radius 3 is 2.59 bits per heavy atom. The molecule has 10 heteroatoms. The summed E-state index contributed by atoms with van der Waals surface area (Å²) in [6.45, 7) is 4.16. The highest BCUT2D eigenvalue weighted by Gasteiger charge is 2.17. The summed E-state index contributed by atoms with van der Waals surface area (Å²) in [4.78, 5) is 24.8. The third-order valence-electron chi connectivity index (χ3n) is 4.27. The number of nitrogens with zero attached hydrogens (tertiary/aromatic N) is 3. The number of halogens is 1. The van der Waals surface area contributed by atoms with Gasteiger partial charge in [0.2, 0.25) is 11.8 Å². The summed E-state index contributed by atoms with van der Waals surface area (Å²) < 4.78 is 7.02. The first-order chi connectivity index (χ1) is 15.5. The van der Waals surface area contributed by atoms with Gasteiger partial charge in [0.25, 0.3) is 0 Å². The molecule has 0 radical (unpaired) electrons. The molecule has 0 atom stereocenters. The first-order valence-corrected chi connectivity index (χ1v) is 11.0. The second-order valence-corrected chi connectivity index (χ2v) is 7.95. The minimum atomic E-state index is -0.260. The van der Waals surface area contributed by atoms with Crippen molar-refractivity contribution in [2.24, 2.45) is 0 Å². The van der Waals surface area contributed by atoms with Crippen molar-refractivity contribution in [3.63, 3.8) is 0 Å². The Morgan fingerprint density at radius 2 is 1.88 bits per heavy atom. The second-order valence-electron chi connectivity index (χ2n) is 6.57. The van der Waals surface area contributed by atoms with Crippen LogP contribution in [0.2, 0.25) is 5.02 Å². The van der Waals surface area contributed by atoms with Gasteiger partial charge in [-0.3, -0.25) is 9.59 Å². The predicted octanol–water partition coefficient (Wildman–Crippen LogP) is 4.04. The number of allylic oxidation sites excluding steroid dienone is 1. The lowest BCUT2D eigenvalue weighted by Gasteiger charge is -2.10. The largest absolute Gasteiger partial charge is 0.495 e. The minimum Gasteiger partial charge on any atom is -0.495 e. The molecular weight excluding hydrogens is 450 g/mol. The van der Waals surface area contributed by atoms with E-state index in [2.05, 4.69) is 27.4 Å². The van der Waals surface area contributed by atoms with Crippen LogP contribution in [0.4, 0.5) is 11.4 Å². The van der Waals surface area contributed by atoms with Crippen molar-refractivity contribution in [1.29, 1.82) is 0 Å². The Hall–Kier alpha value is -3.30. The highest BCUT2D eigenvalue weighted by atomic mass is 35.5. The van der Waals surface area contributed by atoms with Crippen LogP contribution in [0.1, 0.15) is 5.82 Å². The number of carbonyl (C=O) groups is 2. The molecule has 32 heavy (non-hydrogen) atoms. The third-order valence-corrected chi connectivity index (χ3v) is 5.48. The smallest absolute Gasteiger partial charge is 0.234 e. The third kappa shape index (κ3) is 6.35. The molecule has 2 amide bonds. The van der Waals surface area contributed by atoms with Gasteiger partial charge in [-0.25, -0.2) is 0 Å². The van der Waals surface area contributed by atoms with Crippen LogP contribution in [0.5, 0.6) is 5.75 Å². The van der Waals surface area contributed by atoms with Gasteiger partial charge >= 0.3 is 0 Å². The SMILES string of the molecule is C=CCn1c(CC(=O)Nc2ccccc2OC)nnc1SCC(=O)Nc1ccc(Cl)cc1. The van der Waals surface area contributed by atoms with Crippen LogP contribution < -0.4 is 15.4 Å². The fourth-order valence-corrected chi connectivity index (χ4v) is 3.71. The Labute approximate surface area is 195 Å². The maximum absolute atomic E-state index is 12.6. The molecule has 0 aliphatic carbocycles. The van der Waals surface area contributed by atoms with Crippen molar-refractivity contribution in [2.45, 2.75) is 18.1 Å². The number of benzene rings is 2. The molecule has 166 valence electrons. The lowest BCUT2D eigenvalue weighted by Crippen LogP contribution is -2.18. The first-order valence-electron chi connectivity index (χ1n) is 9.64. The summed E-state index contributed by atoms with van der Waals surface area (Å²) in [5.41, 5.74) is 1.23. The van der Waals surface area contributed by atoms with E-state index in [9.17, 15) is 9.59 Å². The van der Waals surface area contributed by atoms with E-state index in [1.807, 2.05) is 12.1 Å². The molecule has 0 spiro atoms. The van der Waals surface area contributed by atoms with E-state index in [-0.39, 0.29) is 24.0 Å². The lowest BCUT2D eigenvalue weighted by molar-refractivity contribution is -0.116. The fourth-order valence-electron chi connectivity index (χ4n) is 2.82. The summed E-state index contributed by atoms with van der Waals surface area (Å²) in [5.74, 6) is 0.713. The molecule has 0 saturated carbocycles. The van der Waals surface area contributed by atoms with E-state index < -0.39 is 0 Å². The van der Waals surface area contributed by atoms with Gasteiger partial charge in [0, 0.05) is 17.3 Å². The number of ether oxygens (including phenoxy) is 1. The van der Waals surface area contributed by atoms with Crippen LogP contribution in [-0.2, 0) is 22.6 Å². The summed E-state index contributed by atoms with van der Waals surface area (Å²) in [7, 11) is 1.54. The summed E-state index contributed by atoms with van der Waals surface area (Å²) >= 11 is 7.08. The molecule has 3 rings (SSSR count). The quantitative estimate of drug-likeness (QED) is 0.342. The summed E-state index contributed by atoms with van der Waals surface area (Å²) in [6.07, 6.45) is 1.69. The molecule has 1 heterocycles. The Bertz CT molecular complexity index is 1100. The van der Waals surface area contributed by atoms with Crippen LogP contribution in [0, 0.1) is 0 Å². The van der Waals surface area contributed by atoms with Gasteiger partial charge in [-0.1, -0.05) is 41.6 Å². The zero-order chi connectivity index (χ0) is 22.9. The predicted molar refractivity (Wildman–Crippen MR) is 126 cm³/mol. The molecule has 0 aliphatic rings. The number of hydrogen-bond acceptors (Lipinski definition) is 6. The van der Waals surface area contributed by atoms with Crippen LogP contribution in [-0.4, -0.2) is 39.4 Å². The zero-order valence-electron chi connectivity index (χ0n) is 17.4. The van der Waals surface area contributed by atoms with Crippen LogP contribution >= 0.6 is 23.4 Å². The van der Waals surface area contributed by atoms with E-state index >= 15 is 0 Å². The number of rotatable bonds is 10. The monoisotopic (exact) mass is 471 g/mol. The molecule has 1 aromatic heterocycles. The summed E-state index contributed by atoms with van der Waals surface area (Å²) in [5, 5.41) is 15.0. The van der Waals surface area contributed by atoms with E-state index in [0.29, 0.717) is 39.7 Å². The van der Waals surface area contributed by atoms with E-state index in [1.165, 1.54) is 18.9 Å². The number of amides is 2. The molecule has 2 aromatic carbocycles. The van der Waals surface area contributed by atoms with Gasteiger partial charge in [0.15, 0.2) is 5.16 Å². The van der Waals surface area contributed by atoms with Crippen LogP contribution in [0.15, 0.2) is 66.3 Å². The molecule has 0 saturated heterocycles. The maximum atomic E-state index is 12.6. The molecule has 3 aromatic rings. The van der Waals surface area contributed by atoms with Gasteiger partial charge in [-0.2, -0.15) is 0 Å². The van der Waals surface area contributed by atoms with Gasteiger partial charge in [-0.05, 0) is 36.4 Å². The Morgan fingerprint density at radius 1 is 1.12 bits per heavy atom. The highest BCUT2D eigenvalue weighted by molar-refractivity contribution is 7.99. The number of para-hydroxylation sites is 2. The Balaban J connectivity index is 1.62. The minimum absolute atomic E-state index is 0.0103.